The van der Waals surface area contributed by atoms with Crippen LogP contribution in [0.25, 0.3) is 0 Å². The molecule has 7 heteroatoms. The Morgan fingerprint density at radius 1 is 1.19 bits per heavy atom. The molecular formula is C14H10Cl3FN2O. The molecule has 21 heavy (non-hydrogen) atoms. The smallest absolute Gasteiger partial charge is 0.257 e. The van der Waals surface area contributed by atoms with Crippen LogP contribution in [-0.2, 0) is 6.54 Å². The van der Waals surface area contributed by atoms with Gasteiger partial charge in [0.05, 0.1) is 11.8 Å². The molecule has 110 valence electrons. The summed E-state index contributed by atoms with van der Waals surface area (Å²) in [6.45, 7) is 0.256. The molecular weight excluding hydrogens is 338 g/mol. The number of nitrogens with zero attached hydrogens (tertiary/aromatic N) is 2. The van der Waals surface area contributed by atoms with E-state index in [9.17, 15) is 9.18 Å². The predicted octanol–water partition coefficient (Wildman–Crippen LogP) is 4.45. The number of halogens is 4. The van der Waals surface area contributed by atoms with Crippen LogP contribution in [0.5, 0.6) is 0 Å². The molecule has 0 N–H and O–H groups in total. The van der Waals surface area contributed by atoms with Crippen molar-refractivity contribution in [3.8, 4) is 0 Å². The Hall–Kier alpha value is -1.36. The third-order valence-electron chi connectivity index (χ3n) is 2.72. The van der Waals surface area contributed by atoms with Crippen molar-refractivity contribution in [2.45, 2.75) is 6.54 Å². The summed E-state index contributed by atoms with van der Waals surface area (Å²) >= 11 is 17.6. The largest absolute Gasteiger partial charge is 0.337 e. The van der Waals surface area contributed by atoms with Gasteiger partial charge in [-0.3, -0.25) is 4.79 Å². The minimum absolute atomic E-state index is 0.00675. The van der Waals surface area contributed by atoms with Crippen LogP contribution >= 0.6 is 34.8 Å². The monoisotopic (exact) mass is 346 g/mol. The van der Waals surface area contributed by atoms with Gasteiger partial charge in [0.15, 0.2) is 0 Å². The maximum absolute atomic E-state index is 13.2. The second-order valence-electron chi connectivity index (χ2n) is 4.43. The van der Waals surface area contributed by atoms with Gasteiger partial charge in [0.1, 0.15) is 11.0 Å². The van der Waals surface area contributed by atoms with Gasteiger partial charge in [0, 0.05) is 23.6 Å². The molecule has 0 unspecified atom stereocenters. The molecule has 2 aromatic rings. The number of aromatic nitrogens is 1. The lowest BCUT2D eigenvalue weighted by atomic mass is 10.2. The lowest BCUT2D eigenvalue weighted by molar-refractivity contribution is 0.0784. The summed E-state index contributed by atoms with van der Waals surface area (Å²) in [6.07, 6.45) is 0.954. The van der Waals surface area contributed by atoms with Gasteiger partial charge in [0.2, 0.25) is 0 Å². The first kappa shape index (κ1) is 16.0. The number of carbonyl (C=O) groups excluding carboxylic acids is 1. The van der Waals surface area contributed by atoms with E-state index in [2.05, 4.69) is 4.98 Å². The topological polar surface area (TPSA) is 33.2 Å². The Morgan fingerprint density at radius 2 is 1.81 bits per heavy atom. The molecule has 0 atom stereocenters. The van der Waals surface area contributed by atoms with E-state index in [0.29, 0.717) is 10.0 Å². The summed E-state index contributed by atoms with van der Waals surface area (Å²) in [5.74, 6) is -1.06. The van der Waals surface area contributed by atoms with Gasteiger partial charge in [-0.1, -0.05) is 34.8 Å². The highest BCUT2D eigenvalue weighted by molar-refractivity contribution is 6.34. The van der Waals surface area contributed by atoms with Crippen molar-refractivity contribution in [2.75, 3.05) is 7.05 Å². The predicted molar refractivity (Wildman–Crippen MR) is 81.5 cm³/mol. The zero-order valence-electron chi connectivity index (χ0n) is 10.9. The van der Waals surface area contributed by atoms with Gasteiger partial charge in [-0.15, -0.1) is 0 Å². The van der Waals surface area contributed by atoms with Crippen LogP contribution in [0.3, 0.4) is 0 Å². The van der Waals surface area contributed by atoms with Crippen LogP contribution in [0.1, 0.15) is 15.9 Å². The van der Waals surface area contributed by atoms with Gasteiger partial charge in [-0.2, -0.15) is 0 Å². The molecule has 0 aliphatic heterocycles. The summed E-state index contributed by atoms with van der Waals surface area (Å²) in [4.78, 5) is 17.3. The summed E-state index contributed by atoms with van der Waals surface area (Å²) in [5.41, 5.74) is 0.760. The molecule has 0 saturated heterocycles. The first-order valence-corrected chi connectivity index (χ1v) is 7.01. The molecule has 0 saturated carbocycles. The van der Waals surface area contributed by atoms with Gasteiger partial charge >= 0.3 is 0 Å². The van der Waals surface area contributed by atoms with E-state index in [1.54, 1.807) is 25.2 Å². The standard InChI is InChI=1S/C14H10Cl3FN2O/c1-20(7-8-2-9(15)4-10(16)3-8)14(21)12-5-11(18)6-19-13(12)17/h2-6H,7H2,1H3. The molecule has 1 heterocycles. The minimum atomic E-state index is -0.623. The van der Waals surface area contributed by atoms with E-state index in [1.807, 2.05) is 0 Å². The molecule has 0 spiro atoms. The van der Waals surface area contributed by atoms with E-state index in [0.717, 1.165) is 17.8 Å². The Bertz CT molecular complexity index is 674. The molecule has 0 aliphatic rings. The number of rotatable bonds is 3. The van der Waals surface area contributed by atoms with E-state index < -0.39 is 11.7 Å². The maximum Gasteiger partial charge on any atom is 0.257 e. The molecule has 1 aromatic heterocycles. The number of hydrogen-bond donors (Lipinski definition) is 0. The van der Waals surface area contributed by atoms with Crippen molar-refractivity contribution < 1.29 is 9.18 Å². The fraction of sp³-hybridized carbons (Fsp3) is 0.143. The van der Waals surface area contributed by atoms with E-state index >= 15 is 0 Å². The van der Waals surface area contributed by atoms with Gasteiger partial charge in [-0.05, 0) is 29.8 Å². The normalized spacial score (nSPS) is 10.5. The van der Waals surface area contributed by atoms with Gasteiger partial charge in [-0.25, -0.2) is 9.37 Å². The third kappa shape index (κ3) is 4.06. The van der Waals surface area contributed by atoms with Crippen LogP contribution in [0.2, 0.25) is 15.2 Å². The molecule has 1 amide bonds. The Balaban J connectivity index is 2.21. The second kappa shape index (κ2) is 6.60. The highest BCUT2D eigenvalue weighted by atomic mass is 35.5. The zero-order chi connectivity index (χ0) is 15.6. The molecule has 0 fully saturated rings. The van der Waals surface area contributed by atoms with Crippen LogP contribution in [-0.4, -0.2) is 22.8 Å². The molecule has 0 aliphatic carbocycles. The summed E-state index contributed by atoms with van der Waals surface area (Å²) in [7, 11) is 1.57. The van der Waals surface area contributed by atoms with Crippen molar-refractivity contribution in [3.63, 3.8) is 0 Å². The number of benzene rings is 1. The first-order valence-electron chi connectivity index (χ1n) is 5.88. The van der Waals surface area contributed by atoms with Crippen molar-refractivity contribution in [1.82, 2.24) is 9.88 Å². The van der Waals surface area contributed by atoms with Crippen LogP contribution in [0.4, 0.5) is 4.39 Å². The SMILES string of the molecule is CN(Cc1cc(Cl)cc(Cl)c1)C(=O)c1cc(F)cnc1Cl. The lowest BCUT2D eigenvalue weighted by Crippen LogP contribution is -2.26. The van der Waals surface area contributed by atoms with Gasteiger partial charge < -0.3 is 4.90 Å². The third-order valence-corrected chi connectivity index (χ3v) is 3.46. The zero-order valence-corrected chi connectivity index (χ0v) is 13.2. The number of amides is 1. The average Bonchev–Trinajstić information content (AvgIpc) is 2.39. The van der Waals surface area contributed by atoms with E-state index in [-0.39, 0.29) is 17.3 Å². The molecule has 1 aromatic carbocycles. The maximum atomic E-state index is 13.2. The number of hydrogen-bond acceptors (Lipinski definition) is 2. The van der Waals surface area contributed by atoms with Crippen LogP contribution in [0, 0.1) is 5.82 Å². The molecule has 0 radical (unpaired) electrons. The van der Waals surface area contributed by atoms with Crippen molar-refractivity contribution in [3.05, 3.63) is 62.6 Å². The van der Waals surface area contributed by atoms with Crippen LogP contribution < -0.4 is 0 Å². The van der Waals surface area contributed by atoms with Crippen molar-refractivity contribution in [2.24, 2.45) is 0 Å². The fourth-order valence-electron chi connectivity index (χ4n) is 1.83. The molecule has 0 bridgehead atoms. The lowest BCUT2D eigenvalue weighted by Gasteiger charge is -2.18. The summed E-state index contributed by atoms with van der Waals surface area (Å²) in [6, 6.07) is 6.05. The number of carbonyl (C=O) groups is 1. The van der Waals surface area contributed by atoms with E-state index in [4.69, 9.17) is 34.8 Å². The quantitative estimate of drug-likeness (QED) is 0.768. The van der Waals surface area contributed by atoms with Crippen molar-refractivity contribution >= 4 is 40.7 Å². The Labute approximate surface area is 136 Å². The summed E-state index contributed by atoms with van der Waals surface area (Å²) < 4.78 is 13.2. The molecule has 2 rings (SSSR count). The highest BCUT2D eigenvalue weighted by Gasteiger charge is 2.17. The minimum Gasteiger partial charge on any atom is -0.337 e. The van der Waals surface area contributed by atoms with Gasteiger partial charge in [0.25, 0.3) is 5.91 Å². The molecule has 3 nitrogen and oxygen atoms in total. The second-order valence-corrected chi connectivity index (χ2v) is 5.66. The summed E-state index contributed by atoms with van der Waals surface area (Å²) in [5, 5.41) is 0.907. The Kier molecular flexibility index (Phi) is 5.04. The first-order chi connectivity index (χ1) is 9.86. The van der Waals surface area contributed by atoms with Crippen LogP contribution in [0.15, 0.2) is 30.5 Å². The Morgan fingerprint density at radius 3 is 2.43 bits per heavy atom. The fourth-order valence-corrected chi connectivity index (χ4v) is 2.58. The average molecular weight is 348 g/mol. The van der Waals surface area contributed by atoms with Crippen molar-refractivity contribution in [1.29, 1.82) is 0 Å². The van der Waals surface area contributed by atoms with E-state index in [1.165, 1.54) is 4.90 Å². The highest BCUT2D eigenvalue weighted by Crippen LogP contribution is 2.21. The number of pyridine rings is 1.